The van der Waals surface area contributed by atoms with Gasteiger partial charge in [-0.2, -0.15) is 22.7 Å². The van der Waals surface area contributed by atoms with Gasteiger partial charge in [-0.25, -0.2) is 18.4 Å². The van der Waals surface area contributed by atoms with Gasteiger partial charge in [-0.05, 0) is 49.2 Å². The molecule has 2 atom stereocenters. The van der Waals surface area contributed by atoms with Crippen molar-refractivity contribution in [2.75, 3.05) is 18.4 Å². The number of fused-ring (bicyclic) bond motifs is 1. The van der Waals surface area contributed by atoms with Gasteiger partial charge in [-0.1, -0.05) is 12.1 Å². The van der Waals surface area contributed by atoms with Crippen LogP contribution in [-0.2, 0) is 16.2 Å². The first-order valence-corrected chi connectivity index (χ1v) is 13.4. The number of nitrogens with one attached hydrogen (secondary N) is 2. The zero-order valence-electron chi connectivity index (χ0n) is 20.6. The molecule has 0 amide bonds. The van der Waals surface area contributed by atoms with Crippen LogP contribution in [-0.4, -0.2) is 58.0 Å². The molecule has 4 aromatic rings. The molecule has 202 valence electrons. The number of piperidine rings is 1. The molecule has 0 saturated carbocycles. The summed E-state index contributed by atoms with van der Waals surface area (Å²) >= 11 is 0. The fourth-order valence-electron chi connectivity index (χ4n) is 4.61. The van der Waals surface area contributed by atoms with Gasteiger partial charge < -0.3 is 15.4 Å². The zero-order valence-corrected chi connectivity index (χ0v) is 21.4. The van der Waals surface area contributed by atoms with Gasteiger partial charge in [0.25, 0.3) is 0 Å². The number of H-pyrrole nitrogens is 1. The second-order valence-electron chi connectivity index (χ2n) is 9.26. The number of β-amino-alcohol motifs (C(OH)–C–C–N with tert-alkyl or cyclic N) is 1. The largest absolute Gasteiger partial charge is 0.417 e. The summed E-state index contributed by atoms with van der Waals surface area (Å²) in [5.41, 5.74) is 2.38. The molecule has 39 heavy (non-hydrogen) atoms. The maximum Gasteiger partial charge on any atom is 0.417 e. The van der Waals surface area contributed by atoms with Crippen LogP contribution in [0, 0.1) is 18.3 Å². The van der Waals surface area contributed by atoms with Gasteiger partial charge in [-0.15, -0.1) is 0 Å². The van der Waals surface area contributed by atoms with E-state index in [0.717, 1.165) is 17.2 Å². The average molecular weight is 557 g/mol. The predicted octanol–water partition coefficient (Wildman–Crippen LogP) is 4.06. The van der Waals surface area contributed by atoms with E-state index in [9.17, 15) is 32.0 Å². The number of hydrogen-bond acceptors (Lipinski definition) is 7. The molecule has 1 saturated heterocycles. The Morgan fingerprint density at radius 1 is 1.21 bits per heavy atom. The number of aryl methyl sites for hydroxylation is 1. The Morgan fingerprint density at radius 3 is 2.56 bits per heavy atom. The number of rotatable bonds is 5. The van der Waals surface area contributed by atoms with E-state index in [0.29, 0.717) is 28.5 Å². The number of alkyl halides is 3. The van der Waals surface area contributed by atoms with E-state index < -0.39 is 33.9 Å². The number of aliphatic hydroxyl groups is 1. The Kier molecular flexibility index (Phi) is 6.79. The van der Waals surface area contributed by atoms with Crippen molar-refractivity contribution >= 4 is 26.9 Å². The number of nitriles is 1. The van der Waals surface area contributed by atoms with E-state index in [1.165, 1.54) is 22.5 Å². The number of nitrogens with zero attached hydrogens (tertiary/aromatic N) is 4. The fraction of sp³-hybridized carbons (Fsp3) is 0.269. The monoisotopic (exact) mass is 556 g/mol. The number of aromatic amines is 1. The summed E-state index contributed by atoms with van der Waals surface area (Å²) < 4.78 is 66.0. The van der Waals surface area contributed by atoms with Crippen molar-refractivity contribution in [1.29, 1.82) is 5.26 Å². The molecule has 1 aliphatic heterocycles. The van der Waals surface area contributed by atoms with Crippen LogP contribution in [0.25, 0.3) is 22.2 Å². The minimum absolute atomic E-state index is 0.0558. The zero-order chi connectivity index (χ0) is 27.9. The first kappa shape index (κ1) is 26.6. The lowest BCUT2D eigenvalue weighted by molar-refractivity contribution is -0.137. The van der Waals surface area contributed by atoms with E-state index in [2.05, 4.69) is 26.3 Å². The third kappa shape index (κ3) is 5.18. The number of pyridine rings is 2. The molecule has 4 heterocycles. The van der Waals surface area contributed by atoms with Crippen LogP contribution < -0.4 is 5.32 Å². The Labute approximate surface area is 222 Å². The van der Waals surface area contributed by atoms with Crippen molar-refractivity contribution in [3.05, 3.63) is 71.7 Å². The number of hydrogen-bond donors (Lipinski definition) is 3. The van der Waals surface area contributed by atoms with Crippen LogP contribution in [0.5, 0.6) is 0 Å². The molecule has 0 radical (unpaired) electrons. The molecule has 1 aliphatic rings. The molecule has 0 bridgehead atoms. The van der Waals surface area contributed by atoms with Crippen LogP contribution in [0.4, 0.5) is 19.0 Å². The third-order valence-electron chi connectivity index (χ3n) is 6.75. The van der Waals surface area contributed by atoms with Crippen molar-refractivity contribution in [2.24, 2.45) is 0 Å². The molecule has 1 aromatic carbocycles. The minimum atomic E-state index is -4.50. The highest BCUT2D eigenvalue weighted by Gasteiger charge is 2.35. The number of aromatic nitrogens is 3. The predicted molar refractivity (Wildman–Crippen MR) is 137 cm³/mol. The van der Waals surface area contributed by atoms with Crippen LogP contribution in [0.2, 0.25) is 0 Å². The highest BCUT2D eigenvalue weighted by atomic mass is 32.2. The summed E-state index contributed by atoms with van der Waals surface area (Å²) in [5.74, 6) is 0.156. The molecule has 1 fully saturated rings. The van der Waals surface area contributed by atoms with Gasteiger partial charge in [0, 0.05) is 42.1 Å². The SMILES string of the molecule is Cc1nc2[nH]cc(C#N)c2cc1-c1ccc(S(=O)(=O)N2CC[C@@H](Nc3ccc(C(F)(F)F)cn3)[C@@H](O)C2)cc1. The number of benzene rings is 1. The molecule has 5 rings (SSSR count). The topological polar surface area (TPSA) is 135 Å². The highest BCUT2D eigenvalue weighted by molar-refractivity contribution is 7.89. The van der Waals surface area contributed by atoms with Gasteiger partial charge in [0.1, 0.15) is 17.5 Å². The standard InChI is InChI=1S/C26H23F3N6O3S/c1-15-20(10-21-17(11-30)12-32-25(21)33-15)16-2-5-19(6-3-16)39(37,38)35-9-8-22(23(36)14-35)34-24-7-4-18(13-31-24)26(27,28)29/h2-7,10,12-13,22-23,36H,8-9,14H2,1H3,(H,31,34)(H,32,33)/t22-,23+/m1/s1. The molecule has 3 aromatic heterocycles. The Balaban J connectivity index is 1.29. The quantitative estimate of drug-likeness (QED) is 0.337. The summed E-state index contributed by atoms with van der Waals surface area (Å²) in [6, 6.07) is 11.7. The summed E-state index contributed by atoms with van der Waals surface area (Å²) in [7, 11) is -3.92. The van der Waals surface area contributed by atoms with Crippen LogP contribution in [0.1, 0.15) is 23.2 Å². The van der Waals surface area contributed by atoms with Crippen molar-refractivity contribution in [2.45, 2.75) is 36.6 Å². The lowest BCUT2D eigenvalue weighted by Crippen LogP contribution is -2.51. The Morgan fingerprint density at radius 2 is 1.95 bits per heavy atom. The summed E-state index contributed by atoms with van der Waals surface area (Å²) in [5, 5.41) is 23.5. The van der Waals surface area contributed by atoms with Crippen LogP contribution in [0.15, 0.2) is 59.8 Å². The Hall–Kier alpha value is -3.99. The van der Waals surface area contributed by atoms with Gasteiger partial charge in [0.05, 0.1) is 28.2 Å². The number of halogens is 3. The minimum Gasteiger partial charge on any atom is -0.390 e. The smallest absolute Gasteiger partial charge is 0.390 e. The van der Waals surface area contributed by atoms with Crippen LogP contribution >= 0.6 is 0 Å². The molecular weight excluding hydrogens is 533 g/mol. The van der Waals surface area contributed by atoms with Crippen molar-refractivity contribution < 1.29 is 26.7 Å². The van der Waals surface area contributed by atoms with Gasteiger partial charge in [0.2, 0.25) is 10.0 Å². The summed E-state index contributed by atoms with van der Waals surface area (Å²) in [6.07, 6.45) is -3.09. The highest BCUT2D eigenvalue weighted by Crippen LogP contribution is 2.31. The number of anilines is 1. The maximum absolute atomic E-state index is 13.3. The second kappa shape index (κ2) is 9.96. The second-order valence-corrected chi connectivity index (χ2v) is 11.2. The lowest BCUT2D eigenvalue weighted by atomic mass is 10.0. The molecule has 9 nitrogen and oxygen atoms in total. The first-order valence-electron chi connectivity index (χ1n) is 11.9. The molecule has 13 heteroatoms. The molecule has 0 unspecified atom stereocenters. The number of sulfonamides is 1. The summed E-state index contributed by atoms with van der Waals surface area (Å²) in [6.45, 7) is 1.74. The lowest BCUT2D eigenvalue weighted by Gasteiger charge is -2.35. The average Bonchev–Trinajstić information content (AvgIpc) is 3.31. The van der Waals surface area contributed by atoms with E-state index in [1.807, 2.05) is 13.0 Å². The van der Waals surface area contributed by atoms with E-state index in [-0.39, 0.29) is 30.2 Å². The van der Waals surface area contributed by atoms with E-state index >= 15 is 0 Å². The van der Waals surface area contributed by atoms with Crippen molar-refractivity contribution in [3.63, 3.8) is 0 Å². The molecule has 3 N–H and O–H groups in total. The van der Waals surface area contributed by atoms with Crippen molar-refractivity contribution in [3.8, 4) is 17.2 Å². The fourth-order valence-corrected chi connectivity index (χ4v) is 6.08. The molecular formula is C26H23F3N6O3S. The van der Waals surface area contributed by atoms with Crippen molar-refractivity contribution in [1.82, 2.24) is 19.3 Å². The molecule has 0 spiro atoms. The van der Waals surface area contributed by atoms with Gasteiger partial charge in [-0.3, -0.25) is 0 Å². The van der Waals surface area contributed by atoms with Gasteiger partial charge in [0.15, 0.2) is 0 Å². The van der Waals surface area contributed by atoms with E-state index in [4.69, 9.17) is 0 Å². The third-order valence-corrected chi connectivity index (χ3v) is 8.63. The maximum atomic E-state index is 13.3. The number of aliphatic hydroxyl groups excluding tert-OH is 1. The van der Waals surface area contributed by atoms with E-state index in [1.54, 1.807) is 18.3 Å². The first-order chi connectivity index (χ1) is 18.5. The van der Waals surface area contributed by atoms with Gasteiger partial charge >= 0.3 is 6.18 Å². The summed E-state index contributed by atoms with van der Waals surface area (Å²) in [4.78, 5) is 11.3. The normalized spacial score (nSPS) is 18.7. The Bertz CT molecular complexity index is 1660. The molecule has 0 aliphatic carbocycles. The van der Waals surface area contributed by atoms with Crippen LogP contribution in [0.3, 0.4) is 0 Å².